The molecular weight excluding hydrogens is 191 g/mol. The summed E-state index contributed by atoms with van der Waals surface area (Å²) in [5.74, 6) is 0.888. The molecule has 0 aromatic heterocycles. The number of rotatable bonds is 2. The van der Waals surface area contributed by atoms with Crippen molar-refractivity contribution in [3.63, 3.8) is 0 Å². The zero-order valence-electron chi connectivity index (χ0n) is 8.10. The van der Waals surface area contributed by atoms with E-state index in [4.69, 9.17) is 9.31 Å². The van der Waals surface area contributed by atoms with Crippen molar-refractivity contribution >= 4 is 18.9 Å². The second-order valence-electron chi connectivity index (χ2n) is 3.20. The number of aldehydes is 1. The fourth-order valence-corrected chi connectivity index (χ4v) is 1.28. The summed E-state index contributed by atoms with van der Waals surface area (Å²) in [5, 5.41) is 0. The van der Waals surface area contributed by atoms with Crippen LogP contribution in [0, 0.1) is 0 Å². The quantitative estimate of drug-likeness (QED) is 0.532. The molecule has 0 saturated carbocycles. The number of carbonyl (C=O) groups is 1. The second kappa shape index (κ2) is 3.65. The molecule has 0 unspecified atom stereocenters. The van der Waals surface area contributed by atoms with E-state index in [1.165, 1.54) is 0 Å². The smallest absolute Gasteiger partial charge is 0.520 e. The average molecular weight is 200 g/mol. The molecule has 0 amide bonds. The highest BCUT2D eigenvalue weighted by Crippen LogP contribution is 2.20. The summed E-state index contributed by atoms with van der Waals surface area (Å²) < 4.78 is 10.7. The maximum absolute atomic E-state index is 10.5. The van der Waals surface area contributed by atoms with Gasteiger partial charge in [0.1, 0.15) is 17.8 Å². The van der Waals surface area contributed by atoms with E-state index in [0.717, 1.165) is 11.7 Å². The van der Waals surface area contributed by atoms with Gasteiger partial charge in [-0.25, -0.2) is 0 Å². The molecule has 0 radical (unpaired) electrons. The Kier molecular flexibility index (Phi) is 2.33. The summed E-state index contributed by atoms with van der Waals surface area (Å²) >= 11 is 0. The Morgan fingerprint density at radius 3 is 2.07 bits per heavy atom. The molecule has 0 spiro atoms. The Balaban J connectivity index is 2.20. The van der Waals surface area contributed by atoms with Crippen molar-refractivity contribution < 1.29 is 14.1 Å². The Bertz CT molecular complexity index is 406. The van der Waals surface area contributed by atoms with Crippen molar-refractivity contribution in [1.82, 2.24) is 0 Å². The molecule has 1 fully saturated rings. The predicted octanol–water partition coefficient (Wildman–Crippen LogP) is 1.27. The standard InChI is InChI=1S/C11H9BO3/c1-8-9(2)15-12(14-8)11-5-3-10(7-13)4-6-11/h3-7H,1-2H2. The monoisotopic (exact) mass is 200 g/mol. The highest BCUT2D eigenvalue weighted by Gasteiger charge is 2.34. The fourth-order valence-electron chi connectivity index (χ4n) is 1.28. The third kappa shape index (κ3) is 1.79. The first-order valence-electron chi connectivity index (χ1n) is 4.47. The molecule has 1 saturated heterocycles. The summed E-state index contributed by atoms with van der Waals surface area (Å²) in [4.78, 5) is 10.5. The van der Waals surface area contributed by atoms with E-state index in [9.17, 15) is 4.79 Å². The van der Waals surface area contributed by atoms with Gasteiger partial charge in [0.05, 0.1) is 0 Å². The van der Waals surface area contributed by atoms with Crippen LogP contribution in [0.15, 0.2) is 48.9 Å². The summed E-state index contributed by atoms with van der Waals surface area (Å²) in [5.41, 5.74) is 1.45. The van der Waals surface area contributed by atoms with Crippen LogP contribution in [0.2, 0.25) is 0 Å². The van der Waals surface area contributed by atoms with Crippen molar-refractivity contribution in [2.24, 2.45) is 0 Å². The normalized spacial score (nSPS) is 14.8. The van der Waals surface area contributed by atoms with Gasteiger partial charge in [-0.05, 0) is 0 Å². The van der Waals surface area contributed by atoms with E-state index < -0.39 is 7.12 Å². The van der Waals surface area contributed by atoms with Gasteiger partial charge in [0.25, 0.3) is 0 Å². The summed E-state index contributed by atoms with van der Waals surface area (Å²) in [7, 11) is -0.495. The largest absolute Gasteiger partial charge is 0.632 e. The summed E-state index contributed by atoms with van der Waals surface area (Å²) in [6.45, 7) is 7.28. The van der Waals surface area contributed by atoms with Crippen LogP contribution in [0.25, 0.3) is 0 Å². The first kappa shape index (κ1) is 9.58. The third-order valence-corrected chi connectivity index (χ3v) is 2.15. The Hall–Kier alpha value is -1.97. The lowest BCUT2D eigenvalue weighted by Gasteiger charge is -2.03. The van der Waals surface area contributed by atoms with Gasteiger partial charge >= 0.3 is 7.12 Å². The molecule has 0 bridgehead atoms. The van der Waals surface area contributed by atoms with Gasteiger partial charge in [0.2, 0.25) is 0 Å². The van der Waals surface area contributed by atoms with Gasteiger partial charge in [-0.1, -0.05) is 37.4 Å². The molecule has 15 heavy (non-hydrogen) atoms. The van der Waals surface area contributed by atoms with Crippen molar-refractivity contribution in [1.29, 1.82) is 0 Å². The Morgan fingerprint density at radius 2 is 1.60 bits per heavy atom. The number of hydrogen-bond acceptors (Lipinski definition) is 3. The summed E-state index contributed by atoms with van der Waals surface area (Å²) in [6, 6.07) is 6.97. The third-order valence-electron chi connectivity index (χ3n) is 2.15. The molecule has 74 valence electrons. The molecule has 0 N–H and O–H groups in total. The van der Waals surface area contributed by atoms with Gasteiger partial charge in [0.15, 0.2) is 0 Å². The van der Waals surface area contributed by atoms with Crippen molar-refractivity contribution in [2.45, 2.75) is 0 Å². The minimum atomic E-state index is -0.495. The zero-order chi connectivity index (χ0) is 10.8. The first-order valence-corrected chi connectivity index (χ1v) is 4.47. The van der Waals surface area contributed by atoms with Crippen LogP contribution in [0.1, 0.15) is 10.4 Å². The maximum Gasteiger partial charge on any atom is 0.632 e. The Morgan fingerprint density at radius 1 is 1.07 bits per heavy atom. The highest BCUT2D eigenvalue weighted by atomic mass is 16.6. The molecule has 1 aromatic rings. The van der Waals surface area contributed by atoms with Gasteiger partial charge in [-0.2, -0.15) is 0 Å². The van der Waals surface area contributed by atoms with E-state index >= 15 is 0 Å². The number of carbonyl (C=O) groups excluding carboxylic acids is 1. The second-order valence-corrected chi connectivity index (χ2v) is 3.20. The van der Waals surface area contributed by atoms with Crippen LogP contribution in [-0.4, -0.2) is 13.4 Å². The molecule has 1 heterocycles. The van der Waals surface area contributed by atoms with Gasteiger partial charge < -0.3 is 9.31 Å². The first-order chi connectivity index (χ1) is 7.20. The minimum Gasteiger partial charge on any atom is -0.520 e. The topological polar surface area (TPSA) is 35.5 Å². The van der Waals surface area contributed by atoms with Crippen LogP contribution in [0.4, 0.5) is 0 Å². The van der Waals surface area contributed by atoms with Crippen LogP contribution in [0.3, 0.4) is 0 Å². The number of benzene rings is 1. The highest BCUT2D eigenvalue weighted by molar-refractivity contribution is 6.62. The molecule has 3 nitrogen and oxygen atoms in total. The van der Waals surface area contributed by atoms with Crippen LogP contribution in [0.5, 0.6) is 0 Å². The molecule has 0 atom stereocenters. The van der Waals surface area contributed by atoms with E-state index in [-0.39, 0.29) is 0 Å². The molecule has 1 aliphatic heterocycles. The van der Waals surface area contributed by atoms with Crippen LogP contribution in [-0.2, 0) is 9.31 Å². The molecular formula is C11H9BO3. The molecule has 4 heteroatoms. The maximum atomic E-state index is 10.5. The molecule has 1 aliphatic rings. The van der Waals surface area contributed by atoms with E-state index in [2.05, 4.69) is 13.2 Å². The van der Waals surface area contributed by atoms with Gasteiger partial charge in [0, 0.05) is 11.0 Å². The van der Waals surface area contributed by atoms with E-state index in [1.807, 2.05) is 0 Å². The molecule has 0 aliphatic carbocycles. The Labute approximate surface area is 88.2 Å². The van der Waals surface area contributed by atoms with Crippen molar-refractivity contribution in [3.8, 4) is 0 Å². The van der Waals surface area contributed by atoms with E-state index in [0.29, 0.717) is 17.1 Å². The minimum absolute atomic E-state index is 0.444. The predicted molar refractivity (Wildman–Crippen MR) is 57.7 cm³/mol. The van der Waals surface area contributed by atoms with Gasteiger partial charge in [-0.3, -0.25) is 4.79 Å². The van der Waals surface area contributed by atoms with Crippen molar-refractivity contribution in [2.75, 3.05) is 0 Å². The fraction of sp³-hybridized carbons (Fsp3) is 0. The van der Waals surface area contributed by atoms with Crippen LogP contribution < -0.4 is 5.46 Å². The lowest BCUT2D eigenvalue weighted by Crippen LogP contribution is -2.31. The van der Waals surface area contributed by atoms with Crippen LogP contribution >= 0.6 is 0 Å². The zero-order valence-corrected chi connectivity index (χ0v) is 8.10. The average Bonchev–Trinajstić information content (AvgIpc) is 2.59. The van der Waals surface area contributed by atoms with Gasteiger partial charge in [-0.15, -0.1) is 0 Å². The molecule has 2 rings (SSSR count). The molecule has 1 aromatic carbocycles. The summed E-state index contributed by atoms with van der Waals surface area (Å²) in [6.07, 6.45) is 0.790. The lowest BCUT2D eigenvalue weighted by atomic mass is 9.79. The SMILES string of the molecule is C=C1OB(c2ccc(C=O)cc2)OC1=C. The van der Waals surface area contributed by atoms with Crippen molar-refractivity contribution in [3.05, 3.63) is 54.5 Å². The number of hydrogen-bond donors (Lipinski definition) is 0. The van der Waals surface area contributed by atoms with E-state index in [1.54, 1.807) is 24.3 Å². The lowest BCUT2D eigenvalue weighted by molar-refractivity contribution is 0.112.